The molecule has 2 fully saturated rings. The number of nitro groups is 1. The summed E-state index contributed by atoms with van der Waals surface area (Å²) < 4.78 is 5.24. The smallest absolute Gasteiger partial charge is 0.293 e. The van der Waals surface area contributed by atoms with Crippen LogP contribution in [0.3, 0.4) is 0 Å². The van der Waals surface area contributed by atoms with Gasteiger partial charge in [0.15, 0.2) is 5.13 Å². The van der Waals surface area contributed by atoms with Crippen LogP contribution in [0.5, 0.6) is 5.75 Å². The molecular weight excluding hydrogens is 490 g/mol. The number of carbonyl (C=O) groups is 1. The Morgan fingerprint density at radius 1 is 0.946 bits per heavy atom. The third-order valence-corrected chi connectivity index (χ3v) is 8.33. The zero-order chi connectivity index (χ0) is 25.9. The number of ketones is 1. The molecule has 9 nitrogen and oxygen atoms in total. The first-order valence-corrected chi connectivity index (χ1v) is 13.5. The highest BCUT2D eigenvalue weighted by atomic mass is 32.1. The number of hydrogen-bond donors (Lipinski definition) is 0. The molecular formula is C27H31N5O4S. The van der Waals surface area contributed by atoms with Crippen molar-refractivity contribution in [3.8, 4) is 5.75 Å². The van der Waals surface area contributed by atoms with Gasteiger partial charge in [-0.25, -0.2) is 4.98 Å². The standard InChI is InChI=1S/C27H31N5O4S/c1-19-26(37-27(28-19)31-12-4-3-5-13-31)25(33)20-6-11-23(24(18-20)32(34)35)30-16-14-29(15-17-30)21-7-9-22(36-2)10-8-21/h6-11,18H,3-5,12-17H2,1-2H3. The molecule has 0 radical (unpaired) electrons. The molecule has 0 spiro atoms. The van der Waals surface area contributed by atoms with E-state index in [-0.39, 0.29) is 16.4 Å². The Balaban J connectivity index is 1.32. The molecule has 0 N–H and O–H groups in total. The number of nitrogens with zero attached hydrogens (tertiary/aromatic N) is 5. The molecule has 2 aliphatic heterocycles. The molecule has 194 valence electrons. The van der Waals surface area contributed by atoms with Gasteiger partial charge in [-0.1, -0.05) is 11.3 Å². The van der Waals surface area contributed by atoms with Crippen LogP contribution in [0.1, 0.15) is 40.2 Å². The SMILES string of the molecule is COc1ccc(N2CCN(c3ccc(C(=O)c4sc(N5CCCCC5)nc4C)cc3[N+](=O)[O-])CC2)cc1. The number of hydrogen-bond acceptors (Lipinski definition) is 9. The fourth-order valence-corrected chi connectivity index (χ4v) is 6.10. The van der Waals surface area contributed by atoms with Gasteiger partial charge in [0.05, 0.1) is 22.6 Å². The third kappa shape index (κ3) is 5.24. The molecule has 0 unspecified atom stereocenters. The molecule has 2 aliphatic rings. The second-order valence-electron chi connectivity index (χ2n) is 9.42. The Hall–Kier alpha value is -3.66. The van der Waals surface area contributed by atoms with Crippen molar-refractivity contribution in [2.24, 2.45) is 0 Å². The van der Waals surface area contributed by atoms with E-state index < -0.39 is 0 Å². The van der Waals surface area contributed by atoms with Crippen molar-refractivity contribution in [1.82, 2.24) is 4.98 Å². The molecule has 1 aromatic heterocycles. The van der Waals surface area contributed by atoms with Gasteiger partial charge in [-0.05, 0) is 62.6 Å². The van der Waals surface area contributed by atoms with Crippen LogP contribution in [-0.2, 0) is 0 Å². The molecule has 3 heterocycles. The van der Waals surface area contributed by atoms with Crippen LogP contribution in [0, 0.1) is 17.0 Å². The summed E-state index contributed by atoms with van der Waals surface area (Å²) in [5.74, 6) is 0.598. The van der Waals surface area contributed by atoms with E-state index in [2.05, 4.69) is 14.8 Å². The number of thiazole rings is 1. The van der Waals surface area contributed by atoms with E-state index >= 15 is 0 Å². The second-order valence-corrected chi connectivity index (χ2v) is 10.4. The number of aromatic nitrogens is 1. The lowest BCUT2D eigenvalue weighted by Gasteiger charge is -2.37. The molecule has 10 heteroatoms. The van der Waals surface area contributed by atoms with E-state index in [0.717, 1.165) is 55.6 Å². The van der Waals surface area contributed by atoms with E-state index in [1.807, 2.05) is 36.1 Å². The highest BCUT2D eigenvalue weighted by Crippen LogP contribution is 2.34. The van der Waals surface area contributed by atoms with E-state index in [9.17, 15) is 14.9 Å². The first-order valence-electron chi connectivity index (χ1n) is 12.6. The summed E-state index contributed by atoms with van der Waals surface area (Å²) in [5, 5.41) is 12.9. The van der Waals surface area contributed by atoms with Crippen molar-refractivity contribution >= 4 is 39.3 Å². The third-order valence-electron chi connectivity index (χ3n) is 7.11. The van der Waals surface area contributed by atoms with Gasteiger partial charge >= 0.3 is 0 Å². The fourth-order valence-electron chi connectivity index (χ4n) is 5.02. The van der Waals surface area contributed by atoms with Gasteiger partial charge in [-0.15, -0.1) is 0 Å². The number of aryl methyl sites for hydroxylation is 1. The molecule has 3 aromatic rings. The first kappa shape index (κ1) is 25.0. The number of methoxy groups -OCH3 is 1. The van der Waals surface area contributed by atoms with E-state index in [1.54, 1.807) is 19.2 Å². The van der Waals surface area contributed by atoms with Gasteiger partial charge in [-0.3, -0.25) is 14.9 Å². The molecule has 0 bridgehead atoms. The number of piperidine rings is 1. The predicted octanol–water partition coefficient (Wildman–Crippen LogP) is 4.92. The van der Waals surface area contributed by atoms with Crippen molar-refractivity contribution in [3.63, 3.8) is 0 Å². The summed E-state index contributed by atoms with van der Waals surface area (Å²) in [6.45, 7) is 6.51. The summed E-state index contributed by atoms with van der Waals surface area (Å²) in [6, 6.07) is 12.8. The molecule has 37 heavy (non-hydrogen) atoms. The minimum absolute atomic E-state index is 0.0397. The second kappa shape index (κ2) is 10.8. The number of anilines is 3. The highest BCUT2D eigenvalue weighted by Gasteiger charge is 2.27. The summed E-state index contributed by atoms with van der Waals surface area (Å²) in [6.07, 6.45) is 3.48. The van der Waals surface area contributed by atoms with E-state index in [1.165, 1.54) is 23.8 Å². The summed E-state index contributed by atoms with van der Waals surface area (Å²) >= 11 is 1.39. The Bertz CT molecular complexity index is 1280. The minimum atomic E-state index is -0.388. The number of rotatable bonds is 7. The highest BCUT2D eigenvalue weighted by molar-refractivity contribution is 7.17. The Labute approximate surface area is 220 Å². The lowest BCUT2D eigenvalue weighted by atomic mass is 10.1. The monoisotopic (exact) mass is 521 g/mol. The van der Waals surface area contributed by atoms with Crippen LogP contribution in [0.25, 0.3) is 0 Å². The van der Waals surface area contributed by atoms with Gasteiger partial charge < -0.3 is 19.4 Å². The fraction of sp³-hybridized carbons (Fsp3) is 0.407. The summed E-state index contributed by atoms with van der Waals surface area (Å²) in [7, 11) is 1.64. The molecule has 0 aliphatic carbocycles. The summed E-state index contributed by atoms with van der Waals surface area (Å²) in [4.78, 5) is 36.7. The van der Waals surface area contributed by atoms with Gasteiger partial charge in [0.2, 0.25) is 5.78 Å². The number of nitro benzene ring substituents is 1. The van der Waals surface area contributed by atoms with Crippen molar-refractivity contribution in [2.75, 3.05) is 61.1 Å². The van der Waals surface area contributed by atoms with Crippen molar-refractivity contribution in [3.05, 3.63) is 68.7 Å². The molecule has 2 aromatic carbocycles. The number of ether oxygens (including phenoxy) is 1. The average molecular weight is 522 g/mol. The van der Waals surface area contributed by atoms with Crippen molar-refractivity contribution < 1.29 is 14.5 Å². The number of benzene rings is 2. The topological polar surface area (TPSA) is 92.1 Å². The van der Waals surface area contributed by atoms with Crippen LogP contribution < -0.4 is 19.4 Å². The van der Waals surface area contributed by atoms with Crippen LogP contribution in [-0.4, -0.2) is 62.1 Å². The quantitative estimate of drug-likeness (QED) is 0.246. The molecule has 0 saturated carbocycles. The predicted molar refractivity (Wildman–Crippen MR) is 147 cm³/mol. The molecule has 0 amide bonds. The van der Waals surface area contributed by atoms with Crippen LogP contribution >= 0.6 is 11.3 Å². The average Bonchev–Trinajstić information content (AvgIpc) is 3.34. The normalized spacial score (nSPS) is 16.1. The van der Waals surface area contributed by atoms with Crippen LogP contribution in [0.4, 0.5) is 22.2 Å². The van der Waals surface area contributed by atoms with Gasteiger partial charge in [0.25, 0.3) is 5.69 Å². The van der Waals surface area contributed by atoms with Crippen LogP contribution in [0.2, 0.25) is 0 Å². The Kier molecular flexibility index (Phi) is 7.27. The van der Waals surface area contributed by atoms with E-state index in [0.29, 0.717) is 34.9 Å². The lowest BCUT2D eigenvalue weighted by Crippen LogP contribution is -2.46. The van der Waals surface area contributed by atoms with Gasteiger partial charge in [0.1, 0.15) is 11.4 Å². The maximum Gasteiger partial charge on any atom is 0.293 e. The van der Waals surface area contributed by atoms with Crippen molar-refractivity contribution in [2.45, 2.75) is 26.2 Å². The largest absolute Gasteiger partial charge is 0.497 e. The summed E-state index contributed by atoms with van der Waals surface area (Å²) in [5.41, 5.74) is 2.61. The Morgan fingerprint density at radius 3 is 2.27 bits per heavy atom. The zero-order valence-corrected chi connectivity index (χ0v) is 22.0. The lowest BCUT2D eigenvalue weighted by molar-refractivity contribution is -0.384. The van der Waals surface area contributed by atoms with E-state index in [4.69, 9.17) is 4.74 Å². The van der Waals surface area contributed by atoms with Gasteiger partial charge in [0, 0.05) is 56.6 Å². The maximum atomic E-state index is 13.4. The Morgan fingerprint density at radius 2 is 1.62 bits per heavy atom. The van der Waals surface area contributed by atoms with Crippen LogP contribution in [0.15, 0.2) is 42.5 Å². The van der Waals surface area contributed by atoms with Gasteiger partial charge in [-0.2, -0.15) is 0 Å². The molecule has 2 saturated heterocycles. The van der Waals surface area contributed by atoms with Crippen molar-refractivity contribution in [1.29, 1.82) is 0 Å². The first-order chi connectivity index (χ1) is 17.9. The molecule has 0 atom stereocenters. The molecule has 5 rings (SSSR count). The minimum Gasteiger partial charge on any atom is -0.497 e. The number of carbonyl (C=O) groups excluding carboxylic acids is 1. The maximum absolute atomic E-state index is 13.4. The number of piperazine rings is 1. The zero-order valence-electron chi connectivity index (χ0n) is 21.2.